The van der Waals surface area contributed by atoms with Crippen LogP contribution in [0.15, 0.2) is 26.2 Å². The van der Waals surface area contributed by atoms with Crippen LogP contribution in [0.25, 0.3) is 0 Å². The van der Waals surface area contributed by atoms with Gasteiger partial charge in [-0.05, 0) is 56.2 Å². The minimum absolute atomic E-state index is 0.107. The lowest BCUT2D eigenvalue weighted by molar-refractivity contribution is 0.315. The molecule has 20 heavy (non-hydrogen) atoms. The molecule has 1 fully saturated rings. The Bertz CT molecular complexity index is 531. The molecular weight excluding hydrogens is 390 g/mol. The molecule has 1 aliphatic rings. The van der Waals surface area contributed by atoms with Crippen LogP contribution in [-0.2, 0) is 0 Å². The van der Waals surface area contributed by atoms with E-state index < -0.39 is 0 Å². The van der Waals surface area contributed by atoms with Crippen LogP contribution in [0.1, 0.15) is 19.3 Å². The smallest absolute Gasteiger partial charge is 0.139 e. The van der Waals surface area contributed by atoms with Gasteiger partial charge in [-0.2, -0.15) is 0 Å². The SMILES string of the molecule is COc1cc(NCC2(C/C(N)=N/O)CC2)c(Br)cc1Br. The second-order valence-corrected chi connectivity index (χ2v) is 6.80. The molecule has 0 radical (unpaired) electrons. The van der Waals surface area contributed by atoms with Crippen LogP contribution in [0, 0.1) is 5.41 Å². The second kappa shape index (κ2) is 6.22. The number of nitrogens with one attached hydrogen (secondary N) is 1. The lowest BCUT2D eigenvalue weighted by atomic mass is 10.0. The molecule has 5 nitrogen and oxygen atoms in total. The molecule has 0 spiro atoms. The number of oxime groups is 1. The third kappa shape index (κ3) is 3.58. The van der Waals surface area contributed by atoms with Gasteiger partial charge in [-0.25, -0.2) is 0 Å². The van der Waals surface area contributed by atoms with E-state index in [-0.39, 0.29) is 11.3 Å². The molecule has 0 amide bonds. The zero-order valence-electron chi connectivity index (χ0n) is 11.1. The maximum atomic E-state index is 8.67. The number of anilines is 1. The van der Waals surface area contributed by atoms with Crippen molar-refractivity contribution in [2.24, 2.45) is 16.3 Å². The molecule has 0 bridgehead atoms. The van der Waals surface area contributed by atoms with Crippen molar-refractivity contribution < 1.29 is 9.94 Å². The number of ether oxygens (including phenoxy) is 1. The van der Waals surface area contributed by atoms with Gasteiger partial charge < -0.3 is 21.0 Å². The van der Waals surface area contributed by atoms with Gasteiger partial charge in [-0.3, -0.25) is 0 Å². The monoisotopic (exact) mass is 405 g/mol. The van der Waals surface area contributed by atoms with Crippen LogP contribution in [0.3, 0.4) is 0 Å². The number of halogens is 2. The summed E-state index contributed by atoms with van der Waals surface area (Å²) in [6.45, 7) is 0.784. The number of benzene rings is 1. The average molecular weight is 407 g/mol. The van der Waals surface area contributed by atoms with E-state index in [2.05, 4.69) is 42.3 Å². The summed E-state index contributed by atoms with van der Waals surface area (Å²) in [7, 11) is 1.64. The van der Waals surface area contributed by atoms with Crippen LogP contribution >= 0.6 is 31.9 Å². The number of methoxy groups -OCH3 is 1. The molecule has 0 saturated heterocycles. The Morgan fingerprint density at radius 2 is 2.15 bits per heavy atom. The molecule has 7 heteroatoms. The summed E-state index contributed by atoms with van der Waals surface area (Å²) in [5.74, 6) is 1.06. The van der Waals surface area contributed by atoms with Crippen LogP contribution in [0.5, 0.6) is 5.75 Å². The Kier molecular flexibility index (Phi) is 4.80. The summed E-state index contributed by atoms with van der Waals surface area (Å²) in [4.78, 5) is 0. The highest BCUT2D eigenvalue weighted by Crippen LogP contribution is 2.49. The lowest BCUT2D eigenvalue weighted by Crippen LogP contribution is -2.23. The zero-order chi connectivity index (χ0) is 14.8. The number of rotatable bonds is 6. The van der Waals surface area contributed by atoms with Crippen molar-refractivity contribution in [2.45, 2.75) is 19.3 Å². The lowest BCUT2D eigenvalue weighted by Gasteiger charge is -2.18. The fraction of sp³-hybridized carbons (Fsp3) is 0.462. The van der Waals surface area contributed by atoms with Crippen molar-refractivity contribution in [1.29, 1.82) is 0 Å². The van der Waals surface area contributed by atoms with Crippen LogP contribution < -0.4 is 15.8 Å². The molecule has 0 aliphatic heterocycles. The van der Waals surface area contributed by atoms with Crippen LogP contribution in [-0.4, -0.2) is 24.7 Å². The van der Waals surface area contributed by atoms with Crippen molar-refractivity contribution >= 4 is 43.4 Å². The highest BCUT2D eigenvalue weighted by Gasteiger charge is 2.43. The summed E-state index contributed by atoms with van der Waals surface area (Å²) in [6.07, 6.45) is 2.78. The standard InChI is InChI=1S/C13H17Br2N3O2/c1-20-11-5-10(8(14)4-9(11)15)17-7-13(2-3-13)6-12(16)18-19/h4-5,17,19H,2-3,6-7H2,1H3,(H2,16,18). The zero-order valence-corrected chi connectivity index (χ0v) is 14.3. The molecule has 0 aromatic heterocycles. The highest BCUT2D eigenvalue weighted by atomic mass is 79.9. The average Bonchev–Trinajstić information content (AvgIpc) is 3.17. The van der Waals surface area contributed by atoms with Crippen molar-refractivity contribution in [2.75, 3.05) is 19.0 Å². The summed E-state index contributed by atoms with van der Waals surface area (Å²) in [5, 5.41) is 15.1. The van der Waals surface area contributed by atoms with Crippen molar-refractivity contribution in [3.63, 3.8) is 0 Å². The van der Waals surface area contributed by atoms with Gasteiger partial charge in [0.25, 0.3) is 0 Å². The summed E-state index contributed by atoms with van der Waals surface area (Å²) >= 11 is 6.97. The molecular formula is C13H17Br2N3O2. The van der Waals surface area contributed by atoms with Crippen molar-refractivity contribution in [1.82, 2.24) is 0 Å². The van der Waals surface area contributed by atoms with Crippen LogP contribution in [0.2, 0.25) is 0 Å². The number of hydrogen-bond donors (Lipinski definition) is 3. The molecule has 4 N–H and O–H groups in total. The van der Waals surface area contributed by atoms with E-state index in [0.717, 1.165) is 39.8 Å². The summed E-state index contributed by atoms with van der Waals surface area (Å²) in [6, 6.07) is 3.89. The first-order valence-corrected chi connectivity index (χ1v) is 7.81. The van der Waals surface area contributed by atoms with Gasteiger partial charge in [0.05, 0.1) is 17.3 Å². The Morgan fingerprint density at radius 1 is 1.45 bits per heavy atom. The normalized spacial score (nSPS) is 16.9. The highest BCUT2D eigenvalue weighted by molar-refractivity contribution is 9.11. The Morgan fingerprint density at radius 3 is 2.70 bits per heavy atom. The molecule has 0 atom stereocenters. The number of nitrogens with zero attached hydrogens (tertiary/aromatic N) is 1. The third-order valence-corrected chi connectivity index (χ3v) is 4.81. The third-order valence-electron chi connectivity index (χ3n) is 3.54. The van der Waals surface area contributed by atoms with Gasteiger partial charge in [0.2, 0.25) is 0 Å². The van der Waals surface area contributed by atoms with Gasteiger partial charge >= 0.3 is 0 Å². The van der Waals surface area contributed by atoms with Gasteiger partial charge in [0, 0.05) is 23.5 Å². The minimum atomic E-state index is 0.107. The molecule has 0 unspecified atom stereocenters. The van der Waals surface area contributed by atoms with Crippen molar-refractivity contribution in [3.8, 4) is 5.75 Å². The van der Waals surface area contributed by atoms with E-state index in [1.54, 1.807) is 7.11 Å². The van der Waals surface area contributed by atoms with E-state index in [1.165, 1.54) is 0 Å². The number of hydrogen-bond acceptors (Lipinski definition) is 4. The first-order chi connectivity index (χ1) is 9.49. The summed E-state index contributed by atoms with van der Waals surface area (Å²) in [5.41, 5.74) is 6.68. The predicted molar refractivity (Wildman–Crippen MR) is 86.6 cm³/mol. The Balaban J connectivity index is 2.04. The largest absolute Gasteiger partial charge is 0.495 e. The quantitative estimate of drug-likeness (QED) is 0.292. The number of amidine groups is 1. The van der Waals surface area contributed by atoms with Gasteiger partial charge in [-0.15, -0.1) is 0 Å². The van der Waals surface area contributed by atoms with Gasteiger partial charge in [0.15, 0.2) is 0 Å². The maximum Gasteiger partial charge on any atom is 0.139 e. The maximum absolute atomic E-state index is 8.67. The van der Waals surface area contributed by atoms with Gasteiger partial charge in [0.1, 0.15) is 11.6 Å². The first-order valence-electron chi connectivity index (χ1n) is 6.23. The van der Waals surface area contributed by atoms with E-state index in [9.17, 15) is 0 Å². The predicted octanol–water partition coefficient (Wildman–Crippen LogP) is 3.55. The van der Waals surface area contributed by atoms with E-state index in [1.807, 2.05) is 12.1 Å². The molecule has 0 heterocycles. The second-order valence-electron chi connectivity index (χ2n) is 5.09. The van der Waals surface area contributed by atoms with E-state index in [0.29, 0.717) is 6.42 Å². The van der Waals surface area contributed by atoms with E-state index >= 15 is 0 Å². The molecule has 1 aromatic rings. The van der Waals surface area contributed by atoms with E-state index in [4.69, 9.17) is 15.7 Å². The minimum Gasteiger partial charge on any atom is -0.495 e. The fourth-order valence-electron chi connectivity index (χ4n) is 2.12. The molecule has 2 rings (SSSR count). The fourth-order valence-corrected chi connectivity index (χ4v) is 3.41. The molecule has 1 aromatic carbocycles. The molecule has 1 saturated carbocycles. The topological polar surface area (TPSA) is 79.9 Å². The van der Waals surface area contributed by atoms with Crippen molar-refractivity contribution in [3.05, 3.63) is 21.1 Å². The molecule has 1 aliphatic carbocycles. The number of nitrogens with two attached hydrogens (primary N) is 1. The Labute approximate surface area is 134 Å². The van der Waals surface area contributed by atoms with Gasteiger partial charge in [-0.1, -0.05) is 5.16 Å². The molecule has 110 valence electrons. The Hall–Kier alpha value is -0.950. The first kappa shape index (κ1) is 15.4. The van der Waals surface area contributed by atoms with Crippen LogP contribution in [0.4, 0.5) is 5.69 Å². The summed E-state index contributed by atoms with van der Waals surface area (Å²) < 4.78 is 7.15.